The van der Waals surface area contributed by atoms with Gasteiger partial charge in [-0.2, -0.15) is 0 Å². The zero-order valence-corrected chi connectivity index (χ0v) is 19.1. The minimum atomic E-state index is -0.459. The quantitative estimate of drug-likeness (QED) is 0.362. The lowest BCUT2D eigenvalue weighted by molar-refractivity contribution is -0.115. The number of aromatic nitrogens is 3. The van der Waals surface area contributed by atoms with Gasteiger partial charge in [0.1, 0.15) is 11.6 Å². The Kier molecular flexibility index (Phi) is 7.04. The fraction of sp³-hybridized carbons (Fsp3) is 0.160. The van der Waals surface area contributed by atoms with E-state index in [1.165, 1.54) is 17.8 Å². The Balaban J connectivity index is 1.58. The lowest BCUT2D eigenvalue weighted by atomic mass is 10.2. The van der Waals surface area contributed by atoms with Gasteiger partial charge >= 0.3 is 0 Å². The molecule has 0 aliphatic rings. The van der Waals surface area contributed by atoms with Crippen molar-refractivity contribution in [2.75, 3.05) is 12.4 Å². The second kappa shape index (κ2) is 10.3. The Labute approximate surface area is 195 Å². The average molecular weight is 463 g/mol. The SMILES string of the molecule is COc1ccc(NC(=O)C(C)Sc2nnc(-c3ccccc3F)n2Cc2ccccc2)cc1. The molecule has 1 heterocycles. The summed E-state index contributed by atoms with van der Waals surface area (Å²) in [6, 6.07) is 23.4. The summed E-state index contributed by atoms with van der Waals surface area (Å²) in [7, 11) is 1.59. The molecular weight excluding hydrogens is 439 g/mol. The molecule has 8 heteroatoms. The molecule has 0 spiro atoms. The molecule has 0 saturated carbocycles. The number of anilines is 1. The van der Waals surface area contributed by atoms with Gasteiger partial charge in [-0.05, 0) is 48.9 Å². The number of benzene rings is 3. The lowest BCUT2D eigenvalue weighted by Crippen LogP contribution is -2.23. The van der Waals surface area contributed by atoms with Crippen LogP contribution in [0.1, 0.15) is 12.5 Å². The van der Waals surface area contributed by atoms with Gasteiger partial charge in [0, 0.05) is 5.69 Å². The first-order valence-electron chi connectivity index (χ1n) is 10.4. The van der Waals surface area contributed by atoms with Crippen molar-refractivity contribution in [2.45, 2.75) is 23.9 Å². The minimum absolute atomic E-state index is 0.174. The monoisotopic (exact) mass is 462 g/mol. The van der Waals surface area contributed by atoms with E-state index in [4.69, 9.17) is 4.74 Å². The van der Waals surface area contributed by atoms with Crippen LogP contribution in [-0.4, -0.2) is 33.0 Å². The van der Waals surface area contributed by atoms with Crippen LogP contribution in [0.25, 0.3) is 11.4 Å². The molecule has 0 saturated heterocycles. The topological polar surface area (TPSA) is 69.0 Å². The van der Waals surface area contributed by atoms with Gasteiger partial charge in [0.05, 0.1) is 24.5 Å². The molecule has 6 nitrogen and oxygen atoms in total. The van der Waals surface area contributed by atoms with Gasteiger partial charge in [0.25, 0.3) is 0 Å². The van der Waals surface area contributed by atoms with Crippen molar-refractivity contribution < 1.29 is 13.9 Å². The summed E-state index contributed by atoms with van der Waals surface area (Å²) in [6.07, 6.45) is 0. The number of nitrogens with zero attached hydrogens (tertiary/aromatic N) is 3. The molecule has 1 atom stereocenters. The predicted octanol–water partition coefficient (Wildman–Crippen LogP) is 5.26. The lowest BCUT2D eigenvalue weighted by Gasteiger charge is -2.14. The van der Waals surface area contributed by atoms with Crippen LogP contribution in [0.2, 0.25) is 0 Å². The fourth-order valence-corrected chi connectivity index (χ4v) is 4.10. The van der Waals surface area contributed by atoms with Gasteiger partial charge in [0.2, 0.25) is 5.91 Å². The van der Waals surface area contributed by atoms with Crippen LogP contribution >= 0.6 is 11.8 Å². The first-order valence-corrected chi connectivity index (χ1v) is 11.3. The van der Waals surface area contributed by atoms with Crippen LogP contribution in [0.5, 0.6) is 5.75 Å². The highest BCUT2D eigenvalue weighted by atomic mass is 32.2. The summed E-state index contributed by atoms with van der Waals surface area (Å²) >= 11 is 1.28. The molecular formula is C25H23FN4O2S. The number of methoxy groups -OCH3 is 1. The van der Waals surface area contributed by atoms with Crippen LogP contribution in [0, 0.1) is 5.82 Å². The third-order valence-electron chi connectivity index (χ3n) is 5.02. The Bertz CT molecular complexity index is 1230. The Morgan fingerprint density at radius 1 is 1.03 bits per heavy atom. The molecule has 3 aromatic carbocycles. The molecule has 0 aliphatic heterocycles. The van der Waals surface area contributed by atoms with E-state index in [-0.39, 0.29) is 11.7 Å². The number of rotatable bonds is 8. The van der Waals surface area contributed by atoms with Gasteiger partial charge in [0.15, 0.2) is 11.0 Å². The average Bonchev–Trinajstić information content (AvgIpc) is 3.22. The van der Waals surface area contributed by atoms with E-state index in [1.807, 2.05) is 34.9 Å². The van der Waals surface area contributed by atoms with Crippen molar-refractivity contribution in [3.05, 3.63) is 90.2 Å². The number of halogens is 1. The maximum Gasteiger partial charge on any atom is 0.237 e. The zero-order valence-electron chi connectivity index (χ0n) is 18.2. The number of ether oxygens (including phenoxy) is 1. The molecule has 0 aliphatic carbocycles. The molecule has 0 bridgehead atoms. The van der Waals surface area contributed by atoms with E-state index in [9.17, 15) is 9.18 Å². The molecule has 1 N–H and O–H groups in total. The summed E-state index contributed by atoms with van der Waals surface area (Å²) in [5.74, 6) is 0.584. The maximum absolute atomic E-state index is 14.5. The summed E-state index contributed by atoms with van der Waals surface area (Å²) in [6.45, 7) is 2.25. The minimum Gasteiger partial charge on any atom is -0.497 e. The molecule has 4 aromatic rings. The maximum atomic E-state index is 14.5. The molecule has 1 aromatic heterocycles. The smallest absolute Gasteiger partial charge is 0.237 e. The van der Waals surface area contributed by atoms with Crippen molar-refractivity contribution in [1.82, 2.24) is 14.8 Å². The molecule has 1 unspecified atom stereocenters. The van der Waals surface area contributed by atoms with Gasteiger partial charge in [-0.15, -0.1) is 10.2 Å². The van der Waals surface area contributed by atoms with E-state index in [0.717, 1.165) is 5.56 Å². The Hall–Kier alpha value is -3.65. The van der Waals surface area contributed by atoms with Gasteiger partial charge in [-0.1, -0.05) is 54.2 Å². The van der Waals surface area contributed by atoms with E-state index in [1.54, 1.807) is 56.5 Å². The second-order valence-electron chi connectivity index (χ2n) is 7.34. The number of carbonyl (C=O) groups excluding carboxylic acids is 1. The van der Waals surface area contributed by atoms with Crippen molar-refractivity contribution >= 4 is 23.4 Å². The molecule has 168 valence electrons. The molecule has 0 radical (unpaired) electrons. The van der Waals surface area contributed by atoms with Gasteiger partial charge in [-0.3, -0.25) is 9.36 Å². The highest BCUT2D eigenvalue weighted by molar-refractivity contribution is 8.00. The van der Waals surface area contributed by atoms with Crippen molar-refractivity contribution in [3.8, 4) is 17.1 Å². The molecule has 1 amide bonds. The number of carbonyl (C=O) groups is 1. The first-order chi connectivity index (χ1) is 16.0. The van der Waals surface area contributed by atoms with E-state index in [0.29, 0.717) is 34.5 Å². The van der Waals surface area contributed by atoms with Crippen molar-refractivity contribution in [1.29, 1.82) is 0 Å². The number of thioether (sulfide) groups is 1. The first kappa shape index (κ1) is 22.5. The summed E-state index contributed by atoms with van der Waals surface area (Å²) in [5, 5.41) is 11.5. The molecule has 0 fully saturated rings. The summed E-state index contributed by atoms with van der Waals surface area (Å²) in [4.78, 5) is 12.8. The third kappa shape index (κ3) is 5.40. The molecule has 33 heavy (non-hydrogen) atoms. The number of amides is 1. The van der Waals surface area contributed by atoms with Crippen LogP contribution in [0.3, 0.4) is 0 Å². The molecule has 4 rings (SSSR count). The highest BCUT2D eigenvalue weighted by Gasteiger charge is 2.22. The predicted molar refractivity (Wildman–Crippen MR) is 128 cm³/mol. The summed E-state index contributed by atoms with van der Waals surface area (Å²) in [5.41, 5.74) is 2.06. The Morgan fingerprint density at radius 2 is 1.73 bits per heavy atom. The largest absolute Gasteiger partial charge is 0.497 e. The van der Waals surface area contributed by atoms with Gasteiger partial charge in [-0.25, -0.2) is 4.39 Å². The number of hydrogen-bond acceptors (Lipinski definition) is 5. The third-order valence-corrected chi connectivity index (χ3v) is 6.10. The van der Waals surface area contributed by atoms with E-state index in [2.05, 4.69) is 15.5 Å². The fourth-order valence-electron chi connectivity index (χ4n) is 3.26. The number of hydrogen-bond donors (Lipinski definition) is 1. The standard InChI is InChI=1S/C25H23FN4O2S/c1-17(24(31)27-19-12-14-20(32-2)15-13-19)33-25-29-28-23(21-10-6-7-11-22(21)26)30(25)16-18-8-4-3-5-9-18/h3-15,17H,16H2,1-2H3,(H,27,31). The van der Waals surface area contributed by atoms with Crippen molar-refractivity contribution in [2.24, 2.45) is 0 Å². The van der Waals surface area contributed by atoms with E-state index >= 15 is 0 Å². The van der Waals surface area contributed by atoms with Crippen molar-refractivity contribution in [3.63, 3.8) is 0 Å². The normalized spacial score (nSPS) is 11.7. The van der Waals surface area contributed by atoms with Crippen LogP contribution in [0.15, 0.2) is 84.0 Å². The van der Waals surface area contributed by atoms with Crippen LogP contribution in [-0.2, 0) is 11.3 Å². The van der Waals surface area contributed by atoms with E-state index < -0.39 is 5.25 Å². The van der Waals surface area contributed by atoms with Gasteiger partial charge < -0.3 is 10.1 Å². The highest BCUT2D eigenvalue weighted by Crippen LogP contribution is 2.29. The summed E-state index contributed by atoms with van der Waals surface area (Å²) < 4.78 is 21.5. The Morgan fingerprint density at radius 3 is 2.42 bits per heavy atom. The zero-order chi connectivity index (χ0) is 23.2. The number of nitrogens with one attached hydrogen (secondary N) is 1. The van der Waals surface area contributed by atoms with Crippen LogP contribution in [0.4, 0.5) is 10.1 Å². The van der Waals surface area contributed by atoms with Crippen LogP contribution < -0.4 is 10.1 Å². The second-order valence-corrected chi connectivity index (χ2v) is 8.64.